The first-order valence-electron chi connectivity index (χ1n) is 6.17. The standard InChI is InChI=1S/C14H16N2O3S/c1-3-8(2)15-13(19)11(17)12(18)14-16-9-6-4-5-7-10(9)20-14/h3-8,11-12,17-18H,1H2,2H3,(H,15,19). The van der Waals surface area contributed by atoms with Crippen molar-refractivity contribution in [3.8, 4) is 0 Å². The first-order chi connectivity index (χ1) is 9.52. The molecular formula is C14H16N2O3S. The minimum absolute atomic E-state index is 0.278. The molecule has 0 radical (unpaired) electrons. The molecule has 6 heteroatoms. The van der Waals surface area contributed by atoms with Gasteiger partial charge in [0, 0.05) is 6.04 Å². The molecule has 3 N–H and O–H groups in total. The first-order valence-corrected chi connectivity index (χ1v) is 6.99. The number of carbonyl (C=O) groups is 1. The lowest BCUT2D eigenvalue weighted by Crippen LogP contribution is -2.42. The van der Waals surface area contributed by atoms with Crippen molar-refractivity contribution in [2.24, 2.45) is 0 Å². The summed E-state index contributed by atoms with van der Waals surface area (Å²) >= 11 is 1.25. The highest BCUT2D eigenvalue weighted by molar-refractivity contribution is 7.18. The number of carbonyl (C=O) groups excluding carboxylic acids is 1. The molecule has 0 saturated carbocycles. The lowest BCUT2D eigenvalue weighted by molar-refractivity contribution is -0.135. The highest BCUT2D eigenvalue weighted by Gasteiger charge is 2.28. The van der Waals surface area contributed by atoms with E-state index < -0.39 is 18.1 Å². The quantitative estimate of drug-likeness (QED) is 0.727. The van der Waals surface area contributed by atoms with Gasteiger partial charge in [-0.15, -0.1) is 17.9 Å². The van der Waals surface area contributed by atoms with Crippen molar-refractivity contribution in [1.82, 2.24) is 10.3 Å². The van der Waals surface area contributed by atoms with Crippen molar-refractivity contribution >= 4 is 27.5 Å². The molecule has 0 aliphatic rings. The van der Waals surface area contributed by atoms with Crippen LogP contribution < -0.4 is 5.32 Å². The lowest BCUT2D eigenvalue weighted by atomic mass is 10.2. The fourth-order valence-electron chi connectivity index (χ4n) is 1.66. The predicted molar refractivity (Wildman–Crippen MR) is 78.4 cm³/mol. The molecule has 0 bridgehead atoms. The van der Waals surface area contributed by atoms with Crippen molar-refractivity contribution in [2.75, 3.05) is 0 Å². The van der Waals surface area contributed by atoms with Gasteiger partial charge >= 0.3 is 0 Å². The minimum Gasteiger partial charge on any atom is -0.383 e. The van der Waals surface area contributed by atoms with E-state index in [0.29, 0.717) is 5.01 Å². The Morgan fingerprint density at radius 1 is 1.45 bits per heavy atom. The number of para-hydroxylation sites is 1. The molecular weight excluding hydrogens is 276 g/mol. The molecule has 0 spiro atoms. The molecule has 1 amide bonds. The van der Waals surface area contributed by atoms with Crippen LogP contribution in [0.3, 0.4) is 0 Å². The van der Waals surface area contributed by atoms with Crippen LogP contribution in [0.15, 0.2) is 36.9 Å². The second-order valence-electron chi connectivity index (χ2n) is 4.44. The van der Waals surface area contributed by atoms with Gasteiger partial charge in [0.15, 0.2) is 6.10 Å². The van der Waals surface area contributed by atoms with Gasteiger partial charge in [0.1, 0.15) is 11.1 Å². The molecule has 106 valence electrons. The molecule has 0 fully saturated rings. The van der Waals surface area contributed by atoms with Crippen molar-refractivity contribution in [2.45, 2.75) is 25.2 Å². The molecule has 1 aromatic heterocycles. The Morgan fingerprint density at radius 3 is 2.80 bits per heavy atom. The molecule has 3 unspecified atom stereocenters. The van der Waals surface area contributed by atoms with Gasteiger partial charge in [-0.2, -0.15) is 0 Å². The minimum atomic E-state index is -1.56. The summed E-state index contributed by atoms with van der Waals surface area (Å²) in [6.45, 7) is 5.26. The van der Waals surface area contributed by atoms with Crippen LogP contribution in [0.25, 0.3) is 10.2 Å². The first kappa shape index (κ1) is 14.6. The van der Waals surface area contributed by atoms with E-state index >= 15 is 0 Å². The molecule has 20 heavy (non-hydrogen) atoms. The van der Waals surface area contributed by atoms with Crippen LogP contribution in [0.4, 0.5) is 0 Å². The molecule has 0 aliphatic heterocycles. The van der Waals surface area contributed by atoms with E-state index in [1.807, 2.05) is 24.3 Å². The molecule has 1 aromatic carbocycles. The topological polar surface area (TPSA) is 82.5 Å². The highest BCUT2D eigenvalue weighted by atomic mass is 32.1. The normalized spacial score (nSPS) is 15.6. The third kappa shape index (κ3) is 3.04. The summed E-state index contributed by atoms with van der Waals surface area (Å²) in [6, 6.07) is 7.11. The van der Waals surface area contributed by atoms with Crippen LogP contribution in [0.5, 0.6) is 0 Å². The van der Waals surface area contributed by atoms with E-state index in [4.69, 9.17) is 0 Å². The van der Waals surface area contributed by atoms with E-state index in [1.165, 1.54) is 17.4 Å². The Labute approximate surface area is 120 Å². The number of benzene rings is 1. The number of fused-ring (bicyclic) bond motifs is 1. The molecule has 3 atom stereocenters. The van der Waals surface area contributed by atoms with Gasteiger partial charge in [-0.1, -0.05) is 18.2 Å². The molecule has 1 heterocycles. The van der Waals surface area contributed by atoms with Crippen LogP contribution >= 0.6 is 11.3 Å². The van der Waals surface area contributed by atoms with Gasteiger partial charge < -0.3 is 15.5 Å². The van der Waals surface area contributed by atoms with E-state index in [-0.39, 0.29) is 6.04 Å². The molecule has 0 saturated heterocycles. The second-order valence-corrected chi connectivity index (χ2v) is 5.50. The van der Waals surface area contributed by atoms with Gasteiger partial charge in [0.25, 0.3) is 5.91 Å². The molecule has 2 aromatic rings. The number of hydrogen-bond donors (Lipinski definition) is 3. The summed E-state index contributed by atoms with van der Waals surface area (Å²) < 4.78 is 0.897. The third-order valence-corrected chi connectivity index (χ3v) is 3.96. The fraction of sp³-hybridized carbons (Fsp3) is 0.286. The van der Waals surface area contributed by atoms with Crippen LogP contribution in [-0.2, 0) is 4.79 Å². The summed E-state index contributed by atoms with van der Waals surface area (Å²) in [5.74, 6) is -0.649. The summed E-state index contributed by atoms with van der Waals surface area (Å²) in [6.07, 6.45) is -1.36. The monoisotopic (exact) mass is 292 g/mol. The number of hydrogen-bond acceptors (Lipinski definition) is 5. The highest BCUT2D eigenvalue weighted by Crippen LogP contribution is 2.27. The van der Waals surface area contributed by atoms with E-state index in [2.05, 4.69) is 16.9 Å². The van der Waals surface area contributed by atoms with Crippen LogP contribution in [0, 0.1) is 0 Å². The van der Waals surface area contributed by atoms with Gasteiger partial charge in [-0.05, 0) is 19.1 Å². The summed E-state index contributed by atoms with van der Waals surface area (Å²) in [4.78, 5) is 16.0. The number of aliphatic hydroxyl groups is 2. The number of thiazole rings is 1. The predicted octanol–water partition coefficient (Wildman–Crippen LogP) is 1.38. The SMILES string of the molecule is C=CC(C)NC(=O)C(O)C(O)c1nc2ccccc2s1. The van der Waals surface area contributed by atoms with Gasteiger partial charge in [-0.3, -0.25) is 4.79 Å². The fourth-order valence-corrected chi connectivity index (χ4v) is 2.65. The van der Waals surface area contributed by atoms with Crippen LogP contribution in [0.1, 0.15) is 18.0 Å². The number of nitrogens with one attached hydrogen (secondary N) is 1. The maximum atomic E-state index is 11.8. The maximum absolute atomic E-state index is 11.8. The molecule has 5 nitrogen and oxygen atoms in total. The van der Waals surface area contributed by atoms with Gasteiger partial charge in [-0.25, -0.2) is 4.98 Å². The smallest absolute Gasteiger partial charge is 0.252 e. The number of rotatable bonds is 5. The number of nitrogens with zero attached hydrogens (tertiary/aromatic N) is 1. The average molecular weight is 292 g/mol. The summed E-state index contributed by atoms with van der Waals surface area (Å²) in [5.41, 5.74) is 0.735. The Bertz CT molecular complexity index is 593. The maximum Gasteiger partial charge on any atom is 0.252 e. The number of amides is 1. The van der Waals surface area contributed by atoms with Crippen molar-refractivity contribution in [3.05, 3.63) is 41.9 Å². The molecule has 2 rings (SSSR count). The number of aromatic nitrogens is 1. The number of aliphatic hydroxyl groups excluding tert-OH is 2. The Kier molecular flexibility index (Phi) is 4.49. The summed E-state index contributed by atoms with van der Waals surface area (Å²) in [5, 5.41) is 22.8. The van der Waals surface area contributed by atoms with Crippen molar-refractivity contribution in [1.29, 1.82) is 0 Å². The lowest BCUT2D eigenvalue weighted by Gasteiger charge is -2.17. The van der Waals surface area contributed by atoms with Crippen molar-refractivity contribution in [3.63, 3.8) is 0 Å². The molecule has 0 aliphatic carbocycles. The van der Waals surface area contributed by atoms with E-state index in [1.54, 1.807) is 6.92 Å². The zero-order valence-electron chi connectivity index (χ0n) is 11.0. The van der Waals surface area contributed by atoms with Gasteiger partial charge in [0.05, 0.1) is 10.2 Å². The second kappa shape index (κ2) is 6.13. The Hall–Kier alpha value is -1.76. The zero-order chi connectivity index (χ0) is 14.7. The summed E-state index contributed by atoms with van der Waals surface area (Å²) in [7, 11) is 0. The Morgan fingerprint density at radius 2 is 2.15 bits per heavy atom. The van der Waals surface area contributed by atoms with Crippen LogP contribution in [0.2, 0.25) is 0 Å². The van der Waals surface area contributed by atoms with E-state index in [0.717, 1.165) is 10.2 Å². The Balaban J connectivity index is 2.15. The largest absolute Gasteiger partial charge is 0.383 e. The van der Waals surface area contributed by atoms with Gasteiger partial charge in [0.2, 0.25) is 0 Å². The van der Waals surface area contributed by atoms with E-state index in [9.17, 15) is 15.0 Å². The van der Waals surface area contributed by atoms with Crippen LogP contribution in [-0.4, -0.2) is 33.3 Å². The third-order valence-electron chi connectivity index (χ3n) is 2.85. The average Bonchev–Trinajstić information content (AvgIpc) is 2.89. The van der Waals surface area contributed by atoms with Crippen molar-refractivity contribution < 1.29 is 15.0 Å². The zero-order valence-corrected chi connectivity index (χ0v) is 11.8.